The topological polar surface area (TPSA) is 101 Å². The Kier molecular flexibility index (Phi) is 7.57. The van der Waals surface area contributed by atoms with Gasteiger partial charge in [0.25, 0.3) is 0 Å². The number of phenolic OH excluding ortho intramolecular Hbond substituents is 1. The molecule has 0 aliphatic rings. The molecule has 34 heavy (non-hydrogen) atoms. The lowest BCUT2D eigenvalue weighted by molar-refractivity contribution is 0.324. The molecule has 3 rings (SSSR count). The summed E-state index contributed by atoms with van der Waals surface area (Å²) in [6.07, 6.45) is 3.30. The molecule has 0 aromatic heterocycles. The molecule has 0 amide bonds. The van der Waals surface area contributed by atoms with Gasteiger partial charge in [-0.15, -0.1) is 0 Å². The second-order valence-electron chi connectivity index (χ2n) is 7.18. The Labute approximate surface area is 199 Å². The van der Waals surface area contributed by atoms with Crippen LogP contribution in [0.5, 0.6) is 34.5 Å². The molecule has 1 N–H and O–H groups in total. The smallest absolute Gasteiger partial charge is 0.339 e. The van der Waals surface area contributed by atoms with Crippen molar-refractivity contribution in [2.45, 2.75) is 11.8 Å². The van der Waals surface area contributed by atoms with Crippen molar-refractivity contribution in [1.82, 2.24) is 0 Å². The molecule has 0 saturated carbocycles. The number of hydrogen-bond donors (Lipinski definition) is 1. The predicted octanol–water partition coefficient (Wildman–Crippen LogP) is 4.67. The van der Waals surface area contributed by atoms with Gasteiger partial charge in [-0.1, -0.05) is 29.8 Å². The number of aryl methyl sites for hydroxylation is 1. The number of phenols is 1. The van der Waals surface area contributed by atoms with Crippen molar-refractivity contribution in [1.29, 1.82) is 0 Å². The molecule has 9 heteroatoms. The number of methoxy groups -OCH3 is 4. The van der Waals surface area contributed by atoms with E-state index in [0.29, 0.717) is 28.4 Å². The van der Waals surface area contributed by atoms with Crippen LogP contribution in [0, 0.1) is 6.92 Å². The Morgan fingerprint density at radius 2 is 1.32 bits per heavy atom. The third-order valence-corrected chi connectivity index (χ3v) is 6.23. The molecule has 3 aromatic carbocycles. The highest BCUT2D eigenvalue weighted by atomic mass is 32.2. The zero-order chi connectivity index (χ0) is 24.9. The van der Waals surface area contributed by atoms with Gasteiger partial charge in [0, 0.05) is 5.56 Å². The predicted molar refractivity (Wildman–Crippen MR) is 129 cm³/mol. The molecule has 0 fully saturated rings. The lowest BCUT2D eigenvalue weighted by Gasteiger charge is -2.14. The average Bonchev–Trinajstić information content (AvgIpc) is 2.83. The largest absolute Gasteiger partial charge is 0.504 e. The zero-order valence-electron chi connectivity index (χ0n) is 19.5. The molecule has 0 saturated heterocycles. The van der Waals surface area contributed by atoms with Crippen molar-refractivity contribution >= 4 is 22.3 Å². The van der Waals surface area contributed by atoms with Gasteiger partial charge >= 0.3 is 10.1 Å². The summed E-state index contributed by atoms with van der Waals surface area (Å²) in [5, 5.41) is 10.8. The molecule has 0 unspecified atom stereocenters. The van der Waals surface area contributed by atoms with E-state index in [1.54, 1.807) is 42.5 Å². The second kappa shape index (κ2) is 10.4. The zero-order valence-corrected chi connectivity index (χ0v) is 20.3. The van der Waals surface area contributed by atoms with Crippen LogP contribution in [0.25, 0.3) is 12.2 Å². The molecular weight excluding hydrogens is 460 g/mol. The summed E-state index contributed by atoms with van der Waals surface area (Å²) in [6, 6.07) is 12.7. The fourth-order valence-corrected chi connectivity index (χ4v) is 4.14. The van der Waals surface area contributed by atoms with Gasteiger partial charge in [-0.25, -0.2) is 0 Å². The maximum atomic E-state index is 12.8. The maximum absolute atomic E-state index is 12.8. The lowest BCUT2D eigenvalue weighted by Crippen LogP contribution is -2.10. The maximum Gasteiger partial charge on any atom is 0.339 e. The van der Waals surface area contributed by atoms with Gasteiger partial charge in [0.05, 0.1) is 28.4 Å². The molecule has 0 bridgehead atoms. The minimum Gasteiger partial charge on any atom is -0.504 e. The van der Waals surface area contributed by atoms with E-state index in [1.165, 1.54) is 46.6 Å². The minimum absolute atomic E-state index is 0.0436. The Morgan fingerprint density at radius 3 is 1.85 bits per heavy atom. The number of ether oxygens (including phenoxy) is 4. The van der Waals surface area contributed by atoms with E-state index in [2.05, 4.69) is 0 Å². The third-order valence-electron chi connectivity index (χ3n) is 4.99. The molecule has 0 heterocycles. The summed E-state index contributed by atoms with van der Waals surface area (Å²) in [7, 11) is 1.68. The van der Waals surface area contributed by atoms with E-state index in [0.717, 1.165) is 5.56 Å². The van der Waals surface area contributed by atoms with Gasteiger partial charge in [0.15, 0.2) is 23.0 Å². The van der Waals surface area contributed by atoms with Gasteiger partial charge < -0.3 is 28.2 Å². The fourth-order valence-electron chi connectivity index (χ4n) is 3.19. The van der Waals surface area contributed by atoms with E-state index in [9.17, 15) is 13.5 Å². The standard InChI is InChI=1S/C25H26O8S/c1-16-6-11-19(12-7-16)34(27,28)33-25-20(29-2)13-10-18(23(25)26)9-8-17-14-21(30-3)24(32-5)22(15-17)31-4/h6-15,26H,1-5H3/b9-8-. The summed E-state index contributed by atoms with van der Waals surface area (Å²) < 4.78 is 52.1. The summed E-state index contributed by atoms with van der Waals surface area (Å²) in [5.41, 5.74) is 1.90. The molecule has 0 aliphatic heterocycles. The first-order valence-electron chi connectivity index (χ1n) is 10.1. The van der Waals surface area contributed by atoms with Crippen LogP contribution in [0.15, 0.2) is 53.4 Å². The van der Waals surface area contributed by atoms with E-state index < -0.39 is 15.9 Å². The molecule has 8 nitrogen and oxygen atoms in total. The van der Waals surface area contributed by atoms with Crippen LogP contribution in [-0.2, 0) is 10.1 Å². The number of hydrogen-bond acceptors (Lipinski definition) is 8. The number of aromatic hydroxyl groups is 1. The first kappa shape index (κ1) is 24.8. The summed E-state index contributed by atoms with van der Waals surface area (Å²) in [6.45, 7) is 1.84. The second-order valence-corrected chi connectivity index (χ2v) is 8.72. The van der Waals surface area contributed by atoms with Crippen LogP contribution in [-0.4, -0.2) is 42.0 Å². The molecule has 3 aromatic rings. The van der Waals surface area contributed by atoms with E-state index in [1.807, 2.05) is 6.92 Å². The number of benzene rings is 3. The van der Waals surface area contributed by atoms with E-state index in [4.69, 9.17) is 23.1 Å². The molecule has 0 atom stereocenters. The highest BCUT2D eigenvalue weighted by Gasteiger charge is 2.23. The van der Waals surface area contributed by atoms with Gasteiger partial charge in [-0.05, 0) is 48.9 Å². The van der Waals surface area contributed by atoms with Crippen LogP contribution in [0.3, 0.4) is 0 Å². The summed E-state index contributed by atoms with van der Waals surface area (Å²) >= 11 is 0. The quantitative estimate of drug-likeness (QED) is 0.344. The van der Waals surface area contributed by atoms with Crippen molar-refractivity contribution in [2.24, 2.45) is 0 Å². The van der Waals surface area contributed by atoms with Crippen LogP contribution in [0.1, 0.15) is 16.7 Å². The van der Waals surface area contributed by atoms with Gasteiger partial charge in [-0.3, -0.25) is 0 Å². The van der Waals surface area contributed by atoms with Crippen LogP contribution in [0.4, 0.5) is 0 Å². The van der Waals surface area contributed by atoms with E-state index in [-0.39, 0.29) is 16.4 Å². The van der Waals surface area contributed by atoms with Gasteiger partial charge in [0.2, 0.25) is 11.5 Å². The van der Waals surface area contributed by atoms with Crippen LogP contribution < -0.4 is 23.1 Å². The number of rotatable bonds is 9. The monoisotopic (exact) mass is 486 g/mol. The molecule has 0 aliphatic carbocycles. The first-order valence-corrected chi connectivity index (χ1v) is 11.5. The average molecular weight is 487 g/mol. The van der Waals surface area contributed by atoms with Gasteiger partial charge in [-0.2, -0.15) is 8.42 Å². The SMILES string of the molecule is COc1cc(/C=C\c2ccc(OC)c(OS(=O)(=O)c3ccc(C)cc3)c2O)cc(OC)c1OC. The Morgan fingerprint density at radius 1 is 0.735 bits per heavy atom. The highest BCUT2D eigenvalue weighted by molar-refractivity contribution is 7.87. The van der Waals surface area contributed by atoms with E-state index >= 15 is 0 Å². The molecule has 0 spiro atoms. The fraction of sp³-hybridized carbons (Fsp3) is 0.200. The van der Waals surface area contributed by atoms with Gasteiger partial charge in [0.1, 0.15) is 4.90 Å². The van der Waals surface area contributed by atoms with Crippen molar-refractivity contribution < 1.29 is 36.7 Å². The Hall–Kier alpha value is -3.85. The van der Waals surface area contributed by atoms with Crippen LogP contribution >= 0.6 is 0 Å². The van der Waals surface area contributed by atoms with Crippen molar-refractivity contribution in [3.63, 3.8) is 0 Å². The third kappa shape index (κ3) is 5.20. The summed E-state index contributed by atoms with van der Waals surface area (Å²) in [5.74, 6) is 0.751. The van der Waals surface area contributed by atoms with Crippen molar-refractivity contribution in [2.75, 3.05) is 28.4 Å². The molecule has 0 radical (unpaired) electrons. The lowest BCUT2D eigenvalue weighted by atomic mass is 10.1. The van der Waals surface area contributed by atoms with Crippen molar-refractivity contribution in [3.05, 3.63) is 65.2 Å². The minimum atomic E-state index is -4.21. The Balaban J connectivity index is 2.00. The summed E-state index contributed by atoms with van der Waals surface area (Å²) in [4.78, 5) is -0.0436. The first-order chi connectivity index (χ1) is 16.2. The van der Waals surface area contributed by atoms with Crippen LogP contribution in [0.2, 0.25) is 0 Å². The normalized spacial score (nSPS) is 11.3. The Bertz CT molecular complexity index is 1270. The van der Waals surface area contributed by atoms with Crippen molar-refractivity contribution in [3.8, 4) is 34.5 Å². The molecular formula is C25H26O8S. The highest BCUT2D eigenvalue weighted by Crippen LogP contribution is 2.42. The molecule has 180 valence electrons.